The fourth-order valence-corrected chi connectivity index (χ4v) is 6.63. The molecule has 0 radical (unpaired) electrons. The maximum atomic E-state index is 13.8. The molecule has 1 aliphatic rings. The zero-order valence-corrected chi connectivity index (χ0v) is 24.9. The van der Waals surface area contributed by atoms with Gasteiger partial charge in [0.15, 0.2) is 0 Å². The fraction of sp³-hybridized carbons (Fsp3) is 0.484. The van der Waals surface area contributed by atoms with Crippen LogP contribution in [0.2, 0.25) is 0 Å². The van der Waals surface area contributed by atoms with Gasteiger partial charge < -0.3 is 23.7 Å². The molecule has 0 amide bonds. The minimum atomic E-state index is -0.785. The van der Waals surface area contributed by atoms with Crippen molar-refractivity contribution in [2.24, 2.45) is 0 Å². The molecule has 5 rings (SSSR count). The lowest BCUT2D eigenvalue weighted by Gasteiger charge is -2.29. The molecular formula is C31H37N3O7S. The molecule has 1 fully saturated rings. The van der Waals surface area contributed by atoms with Gasteiger partial charge in [-0.3, -0.25) is 14.3 Å². The standard InChI is InChI=1S/C31H37N3O7S/c1-20-27-28(37)23(10-5-3-4-6-12-26(35)36)33-34(31(27)42-29(20)30-32-15-18-40-30)19-25(41-21-13-16-39-17-14-21)22-9-7-8-11-24(22)38-2/h7-9,11,15,18,21,25H,3-6,10,12-14,16-17,19H2,1-2H3,(H,35,36)/t25-/m1/s1. The molecule has 0 bridgehead atoms. The minimum Gasteiger partial charge on any atom is -0.496 e. The summed E-state index contributed by atoms with van der Waals surface area (Å²) < 4.78 is 25.5. The third kappa shape index (κ3) is 6.91. The lowest BCUT2D eigenvalue weighted by molar-refractivity contribution is -0.137. The summed E-state index contributed by atoms with van der Waals surface area (Å²) in [5.41, 5.74) is 2.14. The molecule has 42 heavy (non-hydrogen) atoms. The summed E-state index contributed by atoms with van der Waals surface area (Å²) in [6, 6.07) is 7.84. The number of methoxy groups -OCH3 is 1. The van der Waals surface area contributed by atoms with Gasteiger partial charge in [-0.15, -0.1) is 11.3 Å². The van der Waals surface area contributed by atoms with E-state index in [1.54, 1.807) is 13.3 Å². The van der Waals surface area contributed by atoms with Crippen LogP contribution in [0.25, 0.3) is 21.0 Å². The highest BCUT2D eigenvalue weighted by Crippen LogP contribution is 2.38. The second kappa shape index (κ2) is 14.1. The number of hydrogen-bond acceptors (Lipinski definition) is 9. The first-order valence-electron chi connectivity index (χ1n) is 14.5. The number of rotatable bonds is 14. The predicted molar refractivity (Wildman–Crippen MR) is 159 cm³/mol. The number of carboxylic acids is 1. The van der Waals surface area contributed by atoms with Crippen LogP contribution in [-0.2, 0) is 27.2 Å². The van der Waals surface area contributed by atoms with E-state index in [-0.39, 0.29) is 24.1 Å². The molecule has 10 nitrogen and oxygen atoms in total. The van der Waals surface area contributed by atoms with Crippen molar-refractivity contribution in [2.45, 2.75) is 77.0 Å². The predicted octanol–water partition coefficient (Wildman–Crippen LogP) is 5.94. The Morgan fingerprint density at radius 3 is 2.71 bits per heavy atom. The summed E-state index contributed by atoms with van der Waals surface area (Å²) in [4.78, 5) is 30.5. The lowest BCUT2D eigenvalue weighted by Crippen LogP contribution is -2.28. The molecule has 1 saturated heterocycles. The lowest BCUT2D eigenvalue weighted by atomic mass is 10.1. The zero-order valence-electron chi connectivity index (χ0n) is 24.0. The Kier molecular flexibility index (Phi) is 10.0. The summed E-state index contributed by atoms with van der Waals surface area (Å²) in [6.07, 6.45) is 8.04. The van der Waals surface area contributed by atoms with Gasteiger partial charge in [0.05, 0.1) is 36.2 Å². The number of thiophene rings is 1. The number of aromatic nitrogens is 3. The number of aryl methyl sites for hydroxylation is 2. The minimum absolute atomic E-state index is 0.0294. The summed E-state index contributed by atoms with van der Waals surface area (Å²) >= 11 is 1.44. The molecule has 1 aliphatic heterocycles. The van der Waals surface area contributed by atoms with Crippen molar-refractivity contribution in [3.05, 3.63) is 63.8 Å². The van der Waals surface area contributed by atoms with Gasteiger partial charge in [0.1, 0.15) is 28.6 Å². The molecule has 0 aliphatic carbocycles. The van der Waals surface area contributed by atoms with E-state index in [9.17, 15) is 9.59 Å². The van der Waals surface area contributed by atoms with Crippen LogP contribution < -0.4 is 10.2 Å². The molecule has 0 unspecified atom stereocenters. The second-order valence-electron chi connectivity index (χ2n) is 10.5. The molecule has 0 saturated carbocycles. The van der Waals surface area contributed by atoms with Crippen molar-refractivity contribution in [2.75, 3.05) is 20.3 Å². The number of unbranched alkanes of at least 4 members (excludes halogenated alkanes) is 3. The molecule has 1 aromatic carbocycles. The van der Waals surface area contributed by atoms with Crippen LogP contribution in [0.5, 0.6) is 5.75 Å². The van der Waals surface area contributed by atoms with Crippen molar-refractivity contribution in [3.63, 3.8) is 0 Å². The van der Waals surface area contributed by atoms with Crippen molar-refractivity contribution in [1.82, 2.24) is 14.8 Å². The highest BCUT2D eigenvalue weighted by molar-refractivity contribution is 7.22. The number of oxazole rings is 1. The van der Waals surface area contributed by atoms with E-state index in [1.807, 2.05) is 35.9 Å². The number of aliphatic carboxylic acids is 1. The summed E-state index contributed by atoms with van der Waals surface area (Å²) in [7, 11) is 1.65. The zero-order chi connectivity index (χ0) is 29.5. The Morgan fingerprint density at radius 2 is 1.98 bits per heavy atom. The normalized spacial score (nSPS) is 14.8. The Hall–Kier alpha value is -3.54. The molecule has 4 heterocycles. The largest absolute Gasteiger partial charge is 0.496 e. The first-order valence-corrected chi connectivity index (χ1v) is 15.3. The van der Waals surface area contributed by atoms with E-state index < -0.39 is 5.97 Å². The van der Waals surface area contributed by atoms with Gasteiger partial charge in [0.25, 0.3) is 0 Å². The van der Waals surface area contributed by atoms with Crippen LogP contribution in [0.3, 0.4) is 0 Å². The van der Waals surface area contributed by atoms with Crippen LogP contribution in [0.4, 0.5) is 0 Å². The van der Waals surface area contributed by atoms with Crippen molar-refractivity contribution < 1.29 is 28.5 Å². The molecule has 1 atom stereocenters. The molecule has 224 valence electrons. The third-order valence-electron chi connectivity index (χ3n) is 7.62. The molecule has 3 aromatic heterocycles. The van der Waals surface area contributed by atoms with Gasteiger partial charge >= 0.3 is 5.97 Å². The van der Waals surface area contributed by atoms with E-state index in [2.05, 4.69) is 4.98 Å². The first-order chi connectivity index (χ1) is 20.5. The number of para-hydroxylation sites is 1. The number of nitrogens with zero attached hydrogens (tertiary/aromatic N) is 3. The molecule has 1 N–H and O–H groups in total. The van der Waals surface area contributed by atoms with Gasteiger partial charge in [-0.1, -0.05) is 31.0 Å². The first kappa shape index (κ1) is 29.9. The maximum Gasteiger partial charge on any atom is 0.303 e. The molecule has 11 heteroatoms. The van der Waals surface area contributed by atoms with E-state index in [0.717, 1.165) is 58.7 Å². The highest BCUT2D eigenvalue weighted by Gasteiger charge is 2.27. The van der Waals surface area contributed by atoms with Crippen LogP contribution in [0.15, 0.2) is 45.9 Å². The van der Waals surface area contributed by atoms with E-state index in [1.165, 1.54) is 17.6 Å². The van der Waals surface area contributed by atoms with Gasteiger partial charge in [0, 0.05) is 25.2 Å². The summed E-state index contributed by atoms with van der Waals surface area (Å²) in [5, 5.41) is 14.5. The Labute approximate surface area is 248 Å². The van der Waals surface area contributed by atoms with E-state index in [4.69, 9.17) is 28.8 Å². The fourth-order valence-electron chi connectivity index (χ4n) is 5.43. The average molecular weight is 596 g/mol. The number of hydrogen-bond donors (Lipinski definition) is 1. The quantitative estimate of drug-likeness (QED) is 0.176. The van der Waals surface area contributed by atoms with E-state index in [0.29, 0.717) is 49.6 Å². The number of benzene rings is 1. The second-order valence-corrected chi connectivity index (χ2v) is 11.5. The van der Waals surface area contributed by atoms with E-state index >= 15 is 0 Å². The number of carboxylic acid groups (broad SMARTS) is 1. The number of fused-ring (bicyclic) bond motifs is 1. The Balaban J connectivity index is 1.52. The van der Waals surface area contributed by atoms with Crippen molar-refractivity contribution in [3.8, 4) is 16.5 Å². The summed E-state index contributed by atoms with van der Waals surface area (Å²) in [5.74, 6) is 0.419. The van der Waals surface area contributed by atoms with Gasteiger partial charge in [-0.05, 0) is 50.7 Å². The smallest absolute Gasteiger partial charge is 0.303 e. The van der Waals surface area contributed by atoms with Gasteiger partial charge in [0.2, 0.25) is 11.3 Å². The SMILES string of the molecule is COc1ccccc1[C@@H](Cn1nc(CCCCCCC(=O)O)c(=O)c2c(C)c(-c3ncco3)sc21)OC1CCOCC1. The Bertz CT molecular complexity index is 1540. The molecule has 0 spiro atoms. The van der Waals surface area contributed by atoms with Crippen LogP contribution in [0.1, 0.15) is 67.9 Å². The van der Waals surface area contributed by atoms with Crippen molar-refractivity contribution >= 4 is 27.5 Å². The summed E-state index contributed by atoms with van der Waals surface area (Å²) in [6.45, 7) is 3.62. The van der Waals surface area contributed by atoms with Crippen LogP contribution in [0, 0.1) is 6.92 Å². The van der Waals surface area contributed by atoms with Crippen molar-refractivity contribution in [1.29, 1.82) is 0 Å². The third-order valence-corrected chi connectivity index (χ3v) is 8.92. The average Bonchev–Trinajstić information content (AvgIpc) is 3.65. The maximum absolute atomic E-state index is 13.8. The van der Waals surface area contributed by atoms with Gasteiger partial charge in [-0.25, -0.2) is 4.98 Å². The number of carbonyl (C=O) groups is 1. The Morgan fingerprint density at radius 1 is 1.19 bits per heavy atom. The monoisotopic (exact) mass is 595 g/mol. The molecule has 4 aromatic rings. The number of ether oxygens (including phenoxy) is 3. The highest BCUT2D eigenvalue weighted by atomic mass is 32.1. The van der Waals surface area contributed by atoms with Gasteiger partial charge in [-0.2, -0.15) is 5.10 Å². The molecular weight excluding hydrogens is 558 g/mol. The van der Waals surface area contributed by atoms with Crippen LogP contribution in [-0.4, -0.2) is 52.3 Å². The topological polar surface area (TPSA) is 126 Å². The van der Waals surface area contributed by atoms with Crippen LogP contribution >= 0.6 is 11.3 Å².